The second kappa shape index (κ2) is 6.59. The van der Waals surface area contributed by atoms with Crippen molar-refractivity contribution in [3.05, 3.63) is 22.2 Å². The number of nitrogens with one attached hydrogen (secondary N) is 1. The van der Waals surface area contributed by atoms with E-state index in [-0.39, 0.29) is 32.9 Å². The molecule has 2 saturated heterocycles. The molecule has 0 radical (unpaired) electrons. The predicted octanol–water partition coefficient (Wildman–Crippen LogP) is 3.04. The molecule has 3 N–H and O–H groups in total. The number of piperazine rings is 1. The quantitative estimate of drug-likeness (QED) is 0.633. The molecule has 0 aliphatic carbocycles. The molecular formula is C15H17Cl2N5OS2. The molecule has 6 nitrogen and oxygen atoms in total. The summed E-state index contributed by atoms with van der Waals surface area (Å²) < 4.78 is 6.01. The number of nitrogen functional groups attached to an aromatic ring is 1. The van der Waals surface area contributed by atoms with E-state index < -0.39 is 0 Å². The van der Waals surface area contributed by atoms with Crippen LogP contribution in [0, 0.1) is 0 Å². The highest BCUT2D eigenvalue weighted by Crippen LogP contribution is 2.41. The summed E-state index contributed by atoms with van der Waals surface area (Å²) in [6, 6.07) is 4.41. The van der Waals surface area contributed by atoms with Crippen molar-refractivity contribution in [3.63, 3.8) is 0 Å². The standard InChI is InChI=1S/C15H13Cl2N5O.2H2S/c16-8-1-2-9-10(11(8)17)12-13(23-9)14(21-15(18)20-12)22-5-6-3-7(22)4-19-6;;/h1-2,6-7,19H,3-5H2,(H2,18,20,21);2*1H2/t6?,7-;;/m0../s1. The molecule has 2 fully saturated rings. The van der Waals surface area contributed by atoms with Gasteiger partial charge in [0.1, 0.15) is 11.1 Å². The van der Waals surface area contributed by atoms with E-state index in [2.05, 4.69) is 20.2 Å². The molecule has 3 aromatic rings. The lowest BCUT2D eigenvalue weighted by atomic mass is 10.2. The van der Waals surface area contributed by atoms with E-state index in [1.807, 2.05) is 0 Å². The summed E-state index contributed by atoms with van der Waals surface area (Å²) in [6.07, 6.45) is 1.11. The molecular weight excluding hydrogens is 401 g/mol. The topological polar surface area (TPSA) is 80.2 Å². The van der Waals surface area contributed by atoms with E-state index in [1.54, 1.807) is 12.1 Å². The minimum Gasteiger partial charge on any atom is -0.450 e. The lowest BCUT2D eigenvalue weighted by Crippen LogP contribution is -2.44. The molecule has 10 heteroatoms. The minimum absolute atomic E-state index is 0. The maximum atomic E-state index is 6.36. The average molecular weight is 418 g/mol. The van der Waals surface area contributed by atoms with E-state index in [0.29, 0.717) is 44.2 Å². The van der Waals surface area contributed by atoms with Gasteiger partial charge in [-0.05, 0) is 18.6 Å². The van der Waals surface area contributed by atoms with Gasteiger partial charge in [0.05, 0.1) is 15.4 Å². The fourth-order valence-corrected chi connectivity index (χ4v) is 4.09. The van der Waals surface area contributed by atoms with E-state index in [9.17, 15) is 0 Å². The number of fused-ring (bicyclic) bond motifs is 5. The van der Waals surface area contributed by atoms with Crippen LogP contribution in [0.2, 0.25) is 10.0 Å². The number of rotatable bonds is 1. The van der Waals surface area contributed by atoms with Crippen molar-refractivity contribution in [2.45, 2.75) is 18.5 Å². The second-order valence-corrected chi connectivity index (χ2v) is 6.85. The van der Waals surface area contributed by atoms with Crippen molar-refractivity contribution in [1.29, 1.82) is 0 Å². The average Bonchev–Trinajstić information content (AvgIpc) is 3.23. The van der Waals surface area contributed by atoms with Gasteiger partial charge in [-0.3, -0.25) is 0 Å². The van der Waals surface area contributed by atoms with Crippen LogP contribution in [0.5, 0.6) is 0 Å². The highest BCUT2D eigenvalue weighted by atomic mass is 35.5. The van der Waals surface area contributed by atoms with Crippen LogP contribution in [0.1, 0.15) is 6.42 Å². The van der Waals surface area contributed by atoms with Crippen LogP contribution >= 0.6 is 50.2 Å². The first kappa shape index (κ1) is 18.7. The van der Waals surface area contributed by atoms with E-state index >= 15 is 0 Å². The molecule has 0 spiro atoms. The van der Waals surface area contributed by atoms with Gasteiger partial charge >= 0.3 is 0 Å². The summed E-state index contributed by atoms with van der Waals surface area (Å²) in [5.41, 5.74) is 7.82. The van der Waals surface area contributed by atoms with Crippen LogP contribution in [-0.4, -0.2) is 35.1 Å². The molecule has 2 aromatic heterocycles. The SMILES string of the molecule is Nc1nc(N2CC3C[C@H]2CN3)c2oc3ccc(Cl)c(Cl)c3c2n1.S.S. The first-order valence-corrected chi connectivity index (χ1v) is 8.21. The van der Waals surface area contributed by atoms with Gasteiger partial charge in [-0.15, -0.1) is 0 Å². The Morgan fingerprint density at radius 2 is 2.04 bits per heavy atom. The van der Waals surface area contributed by atoms with Gasteiger partial charge in [-0.2, -0.15) is 32.0 Å². The Hall–Kier alpha value is -1.06. The number of halogens is 2. The van der Waals surface area contributed by atoms with Gasteiger partial charge in [0.15, 0.2) is 11.4 Å². The number of nitrogens with two attached hydrogens (primary N) is 1. The molecule has 0 amide bonds. The van der Waals surface area contributed by atoms with Crippen molar-refractivity contribution in [2.75, 3.05) is 23.7 Å². The highest BCUT2D eigenvalue weighted by molar-refractivity contribution is 7.59. The number of benzene rings is 1. The molecule has 2 atom stereocenters. The Labute approximate surface area is 167 Å². The molecule has 134 valence electrons. The van der Waals surface area contributed by atoms with Crippen LogP contribution in [0.25, 0.3) is 22.1 Å². The first-order valence-electron chi connectivity index (χ1n) is 7.45. The van der Waals surface area contributed by atoms with Gasteiger partial charge in [0, 0.05) is 25.2 Å². The predicted molar refractivity (Wildman–Crippen MR) is 112 cm³/mol. The summed E-state index contributed by atoms with van der Waals surface area (Å²) in [6.45, 7) is 1.84. The molecule has 1 aromatic carbocycles. The molecule has 4 heterocycles. The Kier molecular flexibility index (Phi) is 4.93. The lowest BCUT2D eigenvalue weighted by Gasteiger charge is -2.28. The minimum atomic E-state index is 0. The summed E-state index contributed by atoms with van der Waals surface area (Å²) in [4.78, 5) is 11.0. The van der Waals surface area contributed by atoms with Gasteiger partial charge in [-0.1, -0.05) is 23.2 Å². The van der Waals surface area contributed by atoms with Gasteiger partial charge in [0.25, 0.3) is 0 Å². The van der Waals surface area contributed by atoms with E-state index in [4.69, 9.17) is 33.4 Å². The first-order chi connectivity index (χ1) is 11.1. The van der Waals surface area contributed by atoms with Crippen molar-refractivity contribution < 1.29 is 4.42 Å². The molecule has 2 aliphatic heterocycles. The second-order valence-electron chi connectivity index (χ2n) is 6.07. The van der Waals surface area contributed by atoms with E-state index in [0.717, 1.165) is 25.3 Å². The molecule has 25 heavy (non-hydrogen) atoms. The zero-order valence-electron chi connectivity index (χ0n) is 13.0. The van der Waals surface area contributed by atoms with Crippen molar-refractivity contribution in [1.82, 2.24) is 15.3 Å². The largest absolute Gasteiger partial charge is 0.450 e. The Morgan fingerprint density at radius 3 is 2.72 bits per heavy atom. The number of hydrogen-bond acceptors (Lipinski definition) is 6. The lowest BCUT2D eigenvalue weighted by molar-refractivity contribution is 0.572. The van der Waals surface area contributed by atoms with Crippen LogP contribution in [0.15, 0.2) is 16.5 Å². The monoisotopic (exact) mass is 417 g/mol. The Balaban J connectivity index is 0.000000911. The number of anilines is 2. The number of hydrogen-bond donors (Lipinski definition) is 2. The fraction of sp³-hybridized carbons (Fsp3) is 0.333. The number of aromatic nitrogens is 2. The third kappa shape index (κ3) is 2.71. The normalized spacial score (nSPS) is 21.6. The third-order valence-electron chi connectivity index (χ3n) is 4.70. The number of nitrogens with zero attached hydrogens (tertiary/aromatic N) is 3. The van der Waals surface area contributed by atoms with Crippen LogP contribution in [0.3, 0.4) is 0 Å². The summed E-state index contributed by atoms with van der Waals surface area (Å²) in [5, 5.41) is 5.05. The van der Waals surface area contributed by atoms with Gasteiger partial charge in [-0.25, -0.2) is 4.98 Å². The van der Waals surface area contributed by atoms with Crippen LogP contribution in [0.4, 0.5) is 11.8 Å². The van der Waals surface area contributed by atoms with E-state index in [1.165, 1.54) is 0 Å². The molecule has 0 saturated carbocycles. The Bertz CT molecular complexity index is 966. The van der Waals surface area contributed by atoms with Gasteiger partial charge in [0.2, 0.25) is 5.95 Å². The summed E-state index contributed by atoms with van der Waals surface area (Å²) in [5.74, 6) is 0.951. The van der Waals surface area contributed by atoms with Crippen molar-refractivity contribution >= 4 is 84.0 Å². The zero-order chi connectivity index (χ0) is 15.7. The molecule has 2 aliphatic rings. The van der Waals surface area contributed by atoms with Crippen LogP contribution < -0.4 is 16.0 Å². The van der Waals surface area contributed by atoms with Crippen LogP contribution in [-0.2, 0) is 0 Å². The smallest absolute Gasteiger partial charge is 0.222 e. The highest BCUT2D eigenvalue weighted by Gasteiger charge is 2.39. The zero-order valence-corrected chi connectivity index (χ0v) is 16.5. The molecule has 2 bridgehead atoms. The van der Waals surface area contributed by atoms with Crippen molar-refractivity contribution in [2.24, 2.45) is 0 Å². The molecule has 1 unspecified atom stereocenters. The van der Waals surface area contributed by atoms with Crippen molar-refractivity contribution in [3.8, 4) is 0 Å². The fourth-order valence-electron chi connectivity index (χ4n) is 3.68. The maximum absolute atomic E-state index is 6.36. The third-order valence-corrected chi connectivity index (χ3v) is 5.50. The van der Waals surface area contributed by atoms with Gasteiger partial charge < -0.3 is 20.4 Å². The summed E-state index contributed by atoms with van der Waals surface area (Å²) >= 11 is 12.5. The summed E-state index contributed by atoms with van der Waals surface area (Å²) in [7, 11) is 0. The maximum Gasteiger partial charge on any atom is 0.222 e. The Morgan fingerprint density at radius 1 is 1.24 bits per heavy atom. The molecule has 5 rings (SSSR count). The number of furan rings is 1.